The third-order valence-corrected chi connectivity index (χ3v) is 4.58. The summed E-state index contributed by atoms with van der Waals surface area (Å²) >= 11 is 0. The van der Waals surface area contributed by atoms with Gasteiger partial charge in [0.1, 0.15) is 6.10 Å². The van der Waals surface area contributed by atoms with Crippen LogP contribution >= 0.6 is 0 Å². The Balaban J connectivity index is 0. The molecule has 178 valence electrons. The summed E-state index contributed by atoms with van der Waals surface area (Å²) in [7, 11) is 0. The molecule has 0 bridgehead atoms. The molecule has 0 aromatic heterocycles. The van der Waals surface area contributed by atoms with Crippen LogP contribution in [0.3, 0.4) is 0 Å². The van der Waals surface area contributed by atoms with Gasteiger partial charge in [0.2, 0.25) is 17.6 Å². The molecule has 0 saturated carbocycles. The van der Waals surface area contributed by atoms with Crippen molar-refractivity contribution in [1.82, 2.24) is 5.32 Å². The summed E-state index contributed by atoms with van der Waals surface area (Å²) in [6.07, 6.45) is 2.91. The Hall–Kier alpha value is -3.04. The first-order valence-corrected chi connectivity index (χ1v) is 10.3. The molecule has 32 heavy (non-hydrogen) atoms. The molecule has 2 aromatic rings. The minimum Gasteiger partial charge on any atom is -0.504 e. The lowest BCUT2D eigenvalue weighted by Gasteiger charge is -2.24. The Labute approximate surface area is 193 Å². The molecule has 0 heterocycles. The molecule has 0 saturated heterocycles. The highest BCUT2D eigenvalue weighted by Gasteiger charge is 2.34. The fraction of sp³-hybridized carbons (Fsp3) is 0.462. The minimum atomic E-state index is -0.224. The predicted molar refractivity (Wildman–Crippen MR) is 131 cm³/mol. The first kappa shape index (κ1) is 31.1. The number of ether oxygens (including phenoxy) is 1. The van der Waals surface area contributed by atoms with Gasteiger partial charge in [-0.1, -0.05) is 66.3 Å². The van der Waals surface area contributed by atoms with Gasteiger partial charge in [0.15, 0.2) is 11.5 Å². The highest BCUT2D eigenvalue weighted by molar-refractivity contribution is 5.81. The lowest BCUT2D eigenvalue weighted by Crippen LogP contribution is -2.35. The fourth-order valence-electron chi connectivity index (χ4n) is 3.33. The lowest BCUT2D eigenvalue weighted by atomic mass is 10.1. The minimum absolute atomic E-state index is 0. The average Bonchev–Trinajstić information content (AvgIpc) is 3.09. The van der Waals surface area contributed by atoms with Gasteiger partial charge in [-0.3, -0.25) is 0 Å². The summed E-state index contributed by atoms with van der Waals surface area (Å²) in [6.45, 7) is 8.92. The normalized spacial score (nSPS) is 15.0. The van der Waals surface area contributed by atoms with Crippen LogP contribution in [0.5, 0.6) is 17.2 Å². The lowest BCUT2D eigenvalue weighted by molar-refractivity contribution is 0.156. The molecule has 0 aliphatic heterocycles. The van der Waals surface area contributed by atoms with Crippen LogP contribution in [0.2, 0.25) is 0 Å². The molecule has 0 amide bonds. The summed E-state index contributed by atoms with van der Waals surface area (Å²) < 4.78 is 6.10. The third-order valence-electron chi connectivity index (χ3n) is 4.58. The number of hydrogen-bond acceptors (Lipinski definition) is 6. The van der Waals surface area contributed by atoms with E-state index in [-0.39, 0.29) is 44.2 Å². The summed E-state index contributed by atoms with van der Waals surface area (Å²) in [5, 5.41) is 23.9. The largest absolute Gasteiger partial charge is 0.504 e. The first-order valence-electron chi connectivity index (χ1n) is 10.3. The standard InChI is InChI=1S/C20H25NO3.C2O2.C2H6.2CH4/c1-3-4-9-21-16-12-14-7-5-6-8-15(14)19(16)24-20-17(22)10-13(2)11-18(20)23;3-1-2-4;1-2;;/h5-8,10-11,16,19,21-23H,3-4,9,12H2,1-2H3;;1-2H3;2*1H4/t16?,19-;;;;/m0..../s1. The number of aryl methyl sites for hydroxylation is 1. The number of phenolic OH excluding ortho intramolecular Hbond substituents is 2. The molecule has 6 heteroatoms. The number of rotatable bonds is 6. The van der Waals surface area contributed by atoms with Crippen molar-refractivity contribution in [3.8, 4) is 17.2 Å². The second kappa shape index (κ2) is 16.6. The van der Waals surface area contributed by atoms with Crippen molar-refractivity contribution >= 4 is 11.9 Å². The number of carbonyl (C=O) groups excluding carboxylic acids is 2. The molecular formula is C26H39NO5. The molecular weight excluding hydrogens is 406 g/mol. The van der Waals surface area contributed by atoms with Crippen LogP contribution in [-0.2, 0) is 16.0 Å². The summed E-state index contributed by atoms with van der Waals surface area (Å²) in [6, 6.07) is 11.6. The van der Waals surface area contributed by atoms with Crippen LogP contribution in [0, 0.1) is 6.92 Å². The van der Waals surface area contributed by atoms with Crippen LogP contribution in [0.1, 0.15) is 71.3 Å². The maximum absolute atomic E-state index is 10.2. The van der Waals surface area contributed by atoms with E-state index in [1.807, 2.05) is 32.9 Å². The van der Waals surface area contributed by atoms with E-state index in [9.17, 15) is 10.2 Å². The SMILES string of the molecule is C.C.CC.CCCCNC1Cc2ccccc2[C@@H]1Oc1c(O)cc(C)cc1O.O=C=C=O. The quantitative estimate of drug-likeness (QED) is 0.410. The predicted octanol–water partition coefficient (Wildman–Crippen LogP) is 5.34. The second-order valence-corrected chi connectivity index (χ2v) is 6.69. The molecule has 3 N–H and O–H groups in total. The van der Waals surface area contributed by atoms with Crippen molar-refractivity contribution in [1.29, 1.82) is 0 Å². The average molecular weight is 446 g/mol. The molecule has 2 atom stereocenters. The van der Waals surface area contributed by atoms with Gasteiger partial charge < -0.3 is 20.3 Å². The molecule has 6 nitrogen and oxygen atoms in total. The van der Waals surface area contributed by atoms with Crippen molar-refractivity contribution in [3.05, 3.63) is 53.1 Å². The summed E-state index contributed by atoms with van der Waals surface area (Å²) in [5.41, 5.74) is 3.16. The smallest absolute Gasteiger partial charge is 0.221 e. The van der Waals surface area contributed by atoms with Crippen molar-refractivity contribution in [3.63, 3.8) is 0 Å². The van der Waals surface area contributed by atoms with E-state index in [1.165, 1.54) is 5.56 Å². The van der Waals surface area contributed by atoms with Gasteiger partial charge in [-0.25, -0.2) is 9.59 Å². The number of hydrogen-bond donors (Lipinski definition) is 3. The van der Waals surface area contributed by atoms with E-state index in [0.29, 0.717) is 0 Å². The zero-order valence-corrected chi connectivity index (χ0v) is 18.1. The number of phenols is 2. The Kier molecular flexibility index (Phi) is 16.2. The Bertz CT molecular complexity index is 837. The molecule has 0 fully saturated rings. The van der Waals surface area contributed by atoms with E-state index in [1.54, 1.807) is 12.1 Å². The zero-order valence-electron chi connectivity index (χ0n) is 18.1. The van der Waals surface area contributed by atoms with Crippen molar-refractivity contribution in [2.75, 3.05) is 6.54 Å². The number of fused-ring (bicyclic) bond motifs is 1. The van der Waals surface area contributed by atoms with E-state index >= 15 is 0 Å². The molecule has 1 aliphatic rings. The van der Waals surface area contributed by atoms with E-state index in [4.69, 9.17) is 14.3 Å². The molecule has 0 radical (unpaired) electrons. The molecule has 2 aromatic carbocycles. The van der Waals surface area contributed by atoms with E-state index in [0.717, 1.165) is 48.8 Å². The van der Waals surface area contributed by atoms with Crippen molar-refractivity contribution < 1.29 is 24.5 Å². The molecule has 0 spiro atoms. The third kappa shape index (κ3) is 8.60. The zero-order chi connectivity index (χ0) is 22.5. The first-order chi connectivity index (χ1) is 14.5. The van der Waals surface area contributed by atoms with Crippen molar-refractivity contribution in [2.24, 2.45) is 0 Å². The summed E-state index contributed by atoms with van der Waals surface area (Å²) in [4.78, 5) is 17.2. The number of nitrogens with one attached hydrogen (secondary N) is 1. The number of unbranched alkanes of at least 4 members (excludes halogenated alkanes) is 1. The number of aromatic hydroxyl groups is 2. The topological polar surface area (TPSA) is 95.9 Å². The maximum atomic E-state index is 10.2. The van der Waals surface area contributed by atoms with Gasteiger partial charge in [0.05, 0.1) is 6.04 Å². The van der Waals surface area contributed by atoms with Crippen LogP contribution in [0.15, 0.2) is 36.4 Å². The van der Waals surface area contributed by atoms with Crippen LogP contribution in [0.4, 0.5) is 0 Å². The Morgan fingerprint density at radius 1 is 1.06 bits per heavy atom. The van der Waals surface area contributed by atoms with Crippen LogP contribution in [-0.4, -0.2) is 34.7 Å². The van der Waals surface area contributed by atoms with Crippen LogP contribution in [0.25, 0.3) is 0 Å². The van der Waals surface area contributed by atoms with Gasteiger partial charge in [-0.15, -0.1) is 0 Å². The fourth-order valence-corrected chi connectivity index (χ4v) is 3.33. The molecule has 1 aliphatic carbocycles. The molecule has 1 unspecified atom stereocenters. The second-order valence-electron chi connectivity index (χ2n) is 6.69. The van der Waals surface area contributed by atoms with Gasteiger partial charge >= 0.3 is 0 Å². The highest BCUT2D eigenvalue weighted by Crippen LogP contribution is 2.43. The summed E-state index contributed by atoms with van der Waals surface area (Å²) in [5.74, 6) is 1.86. The molecule has 3 rings (SSSR count). The van der Waals surface area contributed by atoms with Crippen LogP contribution < -0.4 is 10.1 Å². The Morgan fingerprint density at radius 3 is 2.16 bits per heavy atom. The Morgan fingerprint density at radius 2 is 1.62 bits per heavy atom. The van der Waals surface area contributed by atoms with Gasteiger partial charge in [0, 0.05) is 0 Å². The van der Waals surface area contributed by atoms with Gasteiger partial charge in [0.25, 0.3) is 0 Å². The van der Waals surface area contributed by atoms with E-state index < -0.39 is 0 Å². The highest BCUT2D eigenvalue weighted by atomic mass is 16.5. The van der Waals surface area contributed by atoms with E-state index in [2.05, 4.69) is 24.4 Å². The monoisotopic (exact) mass is 445 g/mol. The van der Waals surface area contributed by atoms with Crippen molar-refractivity contribution in [2.45, 2.75) is 74.0 Å². The van der Waals surface area contributed by atoms with Gasteiger partial charge in [-0.05, 0) is 55.1 Å². The maximum Gasteiger partial charge on any atom is 0.221 e. The number of benzene rings is 2. The van der Waals surface area contributed by atoms with Gasteiger partial charge in [-0.2, -0.15) is 0 Å².